The average Bonchev–Trinajstić information content (AvgIpc) is 3.08. The van der Waals surface area contributed by atoms with E-state index in [4.69, 9.17) is 9.47 Å². The third kappa shape index (κ3) is 22.1. The van der Waals surface area contributed by atoms with Crippen LogP contribution in [0, 0.1) is 0 Å². The van der Waals surface area contributed by atoms with Crippen LogP contribution < -0.4 is 5.32 Å². The molecule has 1 fully saturated rings. The second-order valence-corrected chi connectivity index (χ2v) is 14.4. The number of hydrogen-bond donors (Lipinski definition) is 6. The van der Waals surface area contributed by atoms with E-state index in [0.29, 0.717) is 12.8 Å². The number of ether oxygens (including phenoxy) is 2. The van der Waals surface area contributed by atoms with Crippen LogP contribution in [-0.2, 0) is 14.3 Å². The number of unbranched alkanes of at least 4 members (excludes halogenated alkanes) is 23. The molecule has 1 rings (SSSR count). The minimum Gasteiger partial charge on any atom is -0.394 e. The zero-order valence-corrected chi connectivity index (χ0v) is 31.0. The molecule has 0 aliphatic carbocycles. The Morgan fingerprint density at radius 2 is 1.04 bits per heavy atom. The Bertz CT molecular complexity index is 726. The van der Waals surface area contributed by atoms with Crippen LogP contribution in [0.2, 0.25) is 0 Å². The third-order valence-corrected chi connectivity index (χ3v) is 9.96. The highest BCUT2D eigenvalue weighted by atomic mass is 16.7. The van der Waals surface area contributed by atoms with Crippen molar-refractivity contribution in [1.29, 1.82) is 0 Å². The van der Waals surface area contributed by atoms with E-state index in [1.807, 2.05) is 0 Å². The molecule has 6 N–H and O–H groups in total. The van der Waals surface area contributed by atoms with Gasteiger partial charge in [-0.05, 0) is 12.8 Å². The van der Waals surface area contributed by atoms with Crippen LogP contribution in [0.1, 0.15) is 187 Å². The average molecular weight is 688 g/mol. The summed E-state index contributed by atoms with van der Waals surface area (Å²) in [6, 6.07) is -0.709. The zero-order valence-electron chi connectivity index (χ0n) is 31.0. The Labute approximate surface area is 294 Å². The van der Waals surface area contributed by atoms with E-state index in [0.717, 1.165) is 38.5 Å². The van der Waals surface area contributed by atoms with Gasteiger partial charge in [0.15, 0.2) is 6.29 Å². The van der Waals surface area contributed by atoms with Crippen molar-refractivity contribution in [3.05, 3.63) is 0 Å². The van der Waals surface area contributed by atoms with E-state index >= 15 is 0 Å². The summed E-state index contributed by atoms with van der Waals surface area (Å²) < 4.78 is 11.2. The summed E-state index contributed by atoms with van der Waals surface area (Å²) in [5.41, 5.74) is 0. The van der Waals surface area contributed by atoms with Gasteiger partial charge in [-0.2, -0.15) is 0 Å². The maximum atomic E-state index is 12.8. The van der Waals surface area contributed by atoms with Crippen molar-refractivity contribution in [2.75, 3.05) is 13.2 Å². The van der Waals surface area contributed by atoms with Gasteiger partial charge in [-0.15, -0.1) is 0 Å². The van der Waals surface area contributed by atoms with Crippen molar-refractivity contribution in [3.63, 3.8) is 0 Å². The molecule has 0 radical (unpaired) electrons. The molecule has 7 atom stereocenters. The largest absolute Gasteiger partial charge is 0.394 e. The number of aliphatic hydroxyl groups is 5. The first-order chi connectivity index (χ1) is 23.3. The lowest BCUT2D eigenvalue weighted by molar-refractivity contribution is -0.302. The number of nitrogens with one attached hydrogen (secondary N) is 1. The molecule has 9 nitrogen and oxygen atoms in total. The van der Waals surface area contributed by atoms with Gasteiger partial charge >= 0.3 is 0 Å². The molecule has 1 aliphatic rings. The van der Waals surface area contributed by atoms with E-state index in [1.54, 1.807) is 0 Å². The van der Waals surface area contributed by atoms with Crippen molar-refractivity contribution in [1.82, 2.24) is 5.32 Å². The number of rotatable bonds is 33. The maximum Gasteiger partial charge on any atom is 0.220 e. The lowest BCUT2D eigenvalue weighted by Crippen LogP contribution is -2.60. The monoisotopic (exact) mass is 688 g/mol. The Morgan fingerprint density at radius 3 is 1.48 bits per heavy atom. The first-order valence-electron chi connectivity index (χ1n) is 20.2. The normalized spacial score (nSPS) is 22.5. The number of aliphatic hydroxyl groups excluding tert-OH is 5. The molecule has 1 saturated heterocycles. The minimum absolute atomic E-state index is 0.133. The summed E-state index contributed by atoms with van der Waals surface area (Å²) in [6.07, 6.45) is 24.0. The molecule has 0 saturated carbocycles. The quantitative estimate of drug-likeness (QED) is 0.0396. The van der Waals surface area contributed by atoms with Crippen LogP contribution in [0.15, 0.2) is 0 Å². The Balaban J connectivity index is 2.36. The van der Waals surface area contributed by atoms with Gasteiger partial charge in [0.1, 0.15) is 24.4 Å². The molecule has 0 aromatic carbocycles. The molecule has 9 heteroatoms. The summed E-state index contributed by atoms with van der Waals surface area (Å²) in [5.74, 6) is -0.147. The highest BCUT2D eigenvalue weighted by Crippen LogP contribution is 2.23. The molecular weight excluding hydrogens is 610 g/mol. The first kappa shape index (κ1) is 45.2. The van der Waals surface area contributed by atoms with Crippen LogP contribution in [0.25, 0.3) is 0 Å². The molecule has 0 aromatic rings. The van der Waals surface area contributed by atoms with Crippen LogP contribution in [0.3, 0.4) is 0 Å². The lowest BCUT2D eigenvalue weighted by Gasteiger charge is -2.40. The maximum absolute atomic E-state index is 12.8. The van der Waals surface area contributed by atoms with Gasteiger partial charge in [-0.25, -0.2) is 0 Å². The van der Waals surface area contributed by atoms with Crippen molar-refractivity contribution in [3.8, 4) is 0 Å². The second kappa shape index (κ2) is 31.0. The van der Waals surface area contributed by atoms with Gasteiger partial charge in [0, 0.05) is 6.42 Å². The SMILES string of the molecule is CCCCCCCCCCCCCCCCCC[C@@H](O)[C@H](CO[C@@H]1O[C@H](CO)[C@H](O)C(O)C1O)NC(=O)CCCCCCCCCCC. The molecular formula is C39H77NO8. The molecule has 0 spiro atoms. The molecule has 1 aliphatic heterocycles. The second-order valence-electron chi connectivity index (χ2n) is 14.4. The van der Waals surface area contributed by atoms with Crippen molar-refractivity contribution in [2.45, 2.75) is 230 Å². The predicted molar refractivity (Wildman–Crippen MR) is 194 cm³/mol. The van der Waals surface area contributed by atoms with Crippen LogP contribution in [0.5, 0.6) is 0 Å². The van der Waals surface area contributed by atoms with Gasteiger partial charge in [0.05, 0.1) is 25.4 Å². The molecule has 48 heavy (non-hydrogen) atoms. The van der Waals surface area contributed by atoms with Gasteiger partial charge in [-0.3, -0.25) is 4.79 Å². The van der Waals surface area contributed by atoms with E-state index in [1.165, 1.54) is 122 Å². The highest BCUT2D eigenvalue weighted by Gasteiger charge is 2.44. The minimum atomic E-state index is -1.55. The fourth-order valence-electron chi connectivity index (χ4n) is 6.63. The number of carbonyl (C=O) groups is 1. The number of carbonyl (C=O) groups excluding carboxylic acids is 1. The number of amides is 1. The predicted octanol–water partition coefficient (Wildman–Crippen LogP) is 7.22. The molecule has 0 bridgehead atoms. The van der Waals surface area contributed by atoms with E-state index in [2.05, 4.69) is 19.2 Å². The summed E-state index contributed by atoms with van der Waals surface area (Å²) >= 11 is 0. The summed E-state index contributed by atoms with van der Waals surface area (Å²) in [4.78, 5) is 12.8. The van der Waals surface area contributed by atoms with Crippen molar-refractivity contribution >= 4 is 5.91 Å². The summed E-state index contributed by atoms with van der Waals surface area (Å²) in [5, 5.41) is 54.0. The number of hydrogen-bond acceptors (Lipinski definition) is 8. The van der Waals surface area contributed by atoms with E-state index < -0.39 is 49.5 Å². The van der Waals surface area contributed by atoms with E-state index in [-0.39, 0.29) is 12.5 Å². The zero-order chi connectivity index (χ0) is 35.2. The Morgan fingerprint density at radius 1 is 0.625 bits per heavy atom. The molecule has 286 valence electrons. The van der Waals surface area contributed by atoms with Crippen LogP contribution in [-0.4, -0.2) is 87.5 Å². The van der Waals surface area contributed by atoms with Gasteiger partial charge in [0.2, 0.25) is 5.91 Å². The van der Waals surface area contributed by atoms with Gasteiger partial charge in [-0.1, -0.05) is 168 Å². The molecule has 1 amide bonds. The van der Waals surface area contributed by atoms with Gasteiger partial charge in [0.25, 0.3) is 0 Å². The Kier molecular flexibility index (Phi) is 29.2. The topological polar surface area (TPSA) is 149 Å². The molecule has 1 heterocycles. The molecule has 0 aromatic heterocycles. The Hall–Kier alpha value is -0.810. The van der Waals surface area contributed by atoms with Crippen molar-refractivity contribution < 1.29 is 39.8 Å². The first-order valence-corrected chi connectivity index (χ1v) is 20.2. The fourth-order valence-corrected chi connectivity index (χ4v) is 6.63. The van der Waals surface area contributed by atoms with E-state index in [9.17, 15) is 30.3 Å². The highest BCUT2D eigenvalue weighted by molar-refractivity contribution is 5.76. The van der Waals surface area contributed by atoms with Crippen LogP contribution in [0.4, 0.5) is 0 Å². The third-order valence-electron chi connectivity index (χ3n) is 9.96. The summed E-state index contributed by atoms with van der Waals surface area (Å²) in [7, 11) is 0. The van der Waals surface area contributed by atoms with Crippen molar-refractivity contribution in [2.24, 2.45) is 0 Å². The van der Waals surface area contributed by atoms with Crippen LogP contribution >= 0.6 is 0 Å². The van der Waals surface area contributed by atoms with Gasteiger partial charge < -0.3 is 40.3 Å². The fraction of sp³-hybridized carbons (Fsp3) is 0.974. The standard InChI is InChI=1S/C39H77NO8/c1-3-5-7-9-11-13-14-15-16-17-18-19-21-22-24-26-28-33(42)32(31-47-39-38(46)37(45)36(44)34(30-41)48-39)40-35(43)29-27-25-23-20-12-10-8-6-4-2/h32-34,36-39,41-42,44-46H,3-31H2,1-2H3,(H,40,43)/t32-,33+,34+,36-,37?,38?,39+/m0/s1. The summed E-state index contributed by atoms with van der Waals surface area (Å²) in [6.45, 7) is 3.80. The molecule has 2 unspecified atom stereocenters. The lowest BCUT2D eigenvalue weighted by atomic mass is 9.99. The smallest absolute Gasteiger partial charge is 0.220 e.